The Bertz CT molecular complexity index is 1070. The van der Waals surface area contributed by atoms with Crippen LogP contribution in [-0.2, 0) is 13.0 Å². The van der Waals surface area contributed by atoms with Crippen LogP contribution in [0.15, 0.2) is 42.5 Å². The van der Waals surface area contributed by atoms with Crippen molar-refractivity contribution < 1.29 is 0 Å². The van der Waals surface area contributed by atoms with Gasteiger partial charge in [0.05, 0.1) is 5.39 Å². The van der Waals surface area contributed by atoms with Gasteiger partial charge < -0.3 is 5.32 Å². The molecule has 5 nitrogen and oxygen atoms in total. The molecule has 4 rings (SSSR count). The van der Waals surface area contributed by atoms with Crippen molar-refractivity contribution in [3.8, 4) is 0 Å². The van der Waals surface area contributed by atoms with Gasteiger partial charge >= 0.3 is 0 Å². The Morgan fingerprint density at radius 2 is 1.85 bits per heavy atom. The largest absolute Gasteiger partial charge is 0.366 e. The molecule has 0 spiro atoms. The first-order valence-corrected chi connectivity index (χ1v) is 9.10. The second kappa shape index (κ2) is 6.75. The molecule has 5 heteroatoms. The molecule has 3 heterocycles. The van der Waals surface area contributed by atoms with E-state index in [1.807, 2.05) is 17.5 Å². The van der Waals surface area contributed by atoms with Gasteiger partial charge in [0, 0.05) is 24.0 Å². The highest BCUT2D eigenvalue weighted by Crippen LogP contribution is 2.25. The van der Waals surface area contributed by atoms with Crippen LogP contribution in [-0.4, -0.2) is 19.6 Å². The standard InChI is InChI=1S/C21H23N5/c1-4-8-17-12-18(22-13-16-9-6-5-7-10-16)26-21(24-17)19-14(2)11-15(3)23-20(19)25-26/h5-7,9-12,22H,4,8,13H2,1-3H3. The summed E-state index contributed by atoms with van der Waals surface area (Å²) in [7, 11) is 0. The molecule has 0 saturated heterocycles. The van der Waals surface area contributed by atoms with E-state index in [0.717, 1.165) is 58.8 Å². The Morgan fingerprint density at radius 3 is 2.62 bits per heavy atom. The van der Waals surface area contributed by atoms with Gasteiger partial charge in [-0.2, -0.15) is 4.52 Å². The zero-order chi connectivity index (χ0) is 18.1. The van der Waals surface area contributed by atoms with Crippen molar-refractivity contribution in [3.63, 3.8) is 0 Å². The highest BCUT2D eigenvalue weighted by atomic mass is 15.3. The van der Waals surface area contributed by atoms with E-state index in [-0.39, 0.29) is 0 Å². The van der Waals surface area contributed by atoms with Crippen molar-refractivity contribution in [3.05, 3.63) is 65.0 Å². The molecule has 0 fully saturated rings. The van der Waals surface area contributed by atoms with E-state index >= 15 is 0 Å². The smallest absolute Gasteiger partial charge is 0.184 e. The quantitative estimate of drug-likeness (QED) is 0.580. The number of hydrogen-bond acceptors (Lipinski definition) is 4. The maximum absolute atomic E-state index is 4.88. The van der Waals surface area contributed by atoms with Gasteiger partial charge in [-0.25, -0.2) is 9.97 Å². The Balaban J connectivity index is 1.85. The number of hydrogen-bond donors (Lipinski definition) is 1. The van der Waals surface area contributed by atoms with Crippen LogP contribution in [0.1, 0.15) is 35.9 Å². The molecule has 0 radical (unpaired) electrons. The molecule has 1 N–H and O–H groups in total. The second-order valence-corrected chi connectivity index (χ2v) is 6.74. The molecule has 0 aliphatic rings. The minimum atomic E-state index is 0.743. The molecule has 0 atom stereocenters. The van der Waals surface area contributed by atoms with E-state index in [0.29, 0.717) is 0 Å². The zero-order valence-corrected chi connectivity index (χ0v) is 15.5. The fourth-order valence-electron chi connectivity index (χ4n) is 3.37. The van der Waals surface area contributed by atoms with Gasteiger partial charge in [-0.05, 0) is 37.5 Å². The molecule has 0 amide bonds. The second-order valence-electron chi connectivity index (χ2n) is 6.74. The third kappa shape index (κ3) is 3.01. The fraction of sp³-hybridized carbons (Fsp3) is 0.286. The number of aryl methyl sites for hydroxylation is 3. The van der Waals surface area contributed by atoms with E-state index < -0.39 is 0 Å². The van der Waals surface area contributed by atoms with Crippen LogP contribution in [0.2, 0.25) is 0 Å². The zero-order valence-electron chi connectivity index (χ0n) is 15.5. The topological polar surface area (TPSA) is 55.1 Å². The lowest BCUT2D eigenvalue weighted by Crippen LogP contribution is -2.07. The average Bonchev–Trinajstić information content (AvgIpc) is 2.99. The summed E-state index contributed by atoms with van der Waals surface area (Å²) < 4.78 is 1.90. The molecule has 3 aromatic heterocycles. The predicted molar refractivity (Wildman–Crippen MR) is 106 cm³/mol. The molecule has 1 aromatic carbocycles. The van der Waals surface area contributed by atoms with Gasteiger partial charge in [0.2, 0.25) is 0 Å². The summed E-state index contributed by atoms with van der Waals surface area (Å²) in [5.41, 5.74) is 6.09. The molecule has 0 aliphatic heterocycles. The highest BCUT2D eigenvalue weighted by Gasteiger charge is 2.15. The fourth-order valence-corrected chi connectivity index (χ4v) is 3.37. The number of anilines is 1. The number of benzene rings is 1. The van der Waals surface area contributed by atoms with Gasteiger partial charge in [0.1, 0.15) is 5.82 Å². The Morgan fingerprint density at radius 1 is 1.04 bits per heavy atom. The van der Waals surface area contributed by atoms with Crippen LogP contribution in [0.25, 0.3) is 16.7 Å². The Labute approximate surface area is 153 Å². The maximum Gasteiger partial charge on any atom is 0.184 e. The number of nitrogens with zero attached hydrogens (tertiary/aromatic N) is 4. The van der Waals surface area contributed by atoms with E-state index in [4.69, 9.17) is 10.1 Å². The van der Waals surface area contributed by atoms with E-state index in [9.17, 15) is 0 Å². The normalized spacial score (nSPS) is 11.3. The van der Waals surface area contributed by atoms with Crippen molar-refractivity contribution >= 4 is 22.5 Å². The van der Waals surface area contributed by atoms with Crippen molar-refractivity contribution in [1.82, 2.24) is 19.6 Å². The van der Waals surface area contributed by atoms with Crippen LogP contribution in [0.3, 0.4) is 0 Å². The molecule has 0 aliphatic carbocycles. The molecule has 0 unspecified atom stereocenters. The van der Waals surface area contributed by atoms with E-state index in [1.165, 1.54) is 5.56 Å². The molecule has 26 heavy (non-hydrogen) atoms. The first kappa shape index (κ1) is 16.5. The summed E-state index contributed by atoms with van der Waals surface area (Å²) in [6.45, 7) is 7.02. The number of rotatable bonds is 5. The van der Waals surface area contributed by atoms with Crippen LogP contribution in [0.4, 0.5) is 5.82 Å². The Kier molecular flexibility index (Phi) is 4.29. The molecular formula is C21H23N5. The van der Waals surface area contributed by atoms with Crippen molar-refractivity contribution in [2.75, 3.05) is 5.32 Å². The van der Waals surface area contributed by atoms with Gasteiger partial charge in [0.15, 0.2) is 11.3 Å². The maximum atomic E-state index is 4.88. The summed E-state index contributed by atoms with van der Waals surface area (Å²) in [5.74, 6) is 0.956. The van der Waals surface area contributed by atoms with Gasteiger partial charge in [0.25, 0.3) is 0 Å². The van der Waals surface area contributed by atoms with E-state index in [1.54, 1.807) is 0 Å². The number of nitrogens with one attached hydrogen (secondary N) is 1. The number of fused-ring (bicyclic) bond motifs is 3. The van der Waals surface area contributed by atoms with Crippen molar-refractivity contribution in [1.29, 1.82) is 0 Å². The summed E-state index contributed by atoms with van der Waals surface area (Å²) in [4.78, 5) is 9.49. The van der Waals surface area contributed by atoms with Crippen molar-refractivity contribution in [2.45, 2.75) is 40.2 Å². The first-order chi connectivity index (χ1) is 12.7. The highest BCUT2D eigenvalue weighted by molar-refractivity contribution is 5.93. The van der Waals surface area contributed by atoms with Crippen LogP contribution in [0.5, 0.6) is 0 Å². The minimum absolute atomic E-state index is 0.743. The average molecular weight is 345 g/mol. The Hall–Kier alpha value is -2.95. The molecule has 0 saturated carbocycles. The van der Waals surface area contributed by atoms with Crippen LogP contribution < -0.4 is 5.32 Å². The summed E-state index contributed by atoms with van der Waals surface area (Å²) in [6, 6.07) is 14.6. The van der Waals surface area contributed by atoms with Gasteiger partial charge in [-0.1, -0.05) is 43.7 Å². The monoisotopic (exact) mass is 345 g/mol. The van der Waals surface area contributed by atoms with E-state index in [2.05, 4.69) is 60.5 Å². The molecular weight excluding hydrogens is 322 g/mol. The third-order valence-corrected chi connectivity index (χ3v) is 4.55. The molecule has 132 valence electrons. The van der Waals surface area contributed by atoms with Crippen molar-refractivity contribution in [2.24, 2.45) is 0 Å². The lowest BCUT2D eigenvalue weighted by atomic mass is 10.2. The summed E-state index contributed by atoms with van der Waals surface area (Å²) in [6.07, 6.45) is 2.01. The molecule has 4 aromatic rings. The predicted octanol–water partition coefficient (Wildman–Crippen LogP) is 4.46. The first-order valence-electron chi connectivity index (χ1n) is 9.10. The third-order valence-electron chi connectivity index (χ3n) is 4.55. The lowest BCUT2D eigenvalue weighted by Gasteiger charge is -2.10. The van der Waals surface area contributed by atoms with Crippen LogP contribution in [0, 0.1) is 13.8 Å². The van der Waals surface area contributed by atoms with Crippen LogP contribution >= 0.6 is 0 Å². The number of aromatic nitrogens is 4. The minimum Gasteiger partial charge on any atom is -0.366 e. The summed E-state index contributed by atoms with van der Waals surface area (Å²) in [5, 5.41) is 9.30. The SMILES string of the molecule is CCCc1cc(NCc2ccccc2)n2nc3nc(C)cc(C)c3c2n1. The molecule has 0 bridgehead atoms. The lowest BCUT2D eigenvalue weighted by molar-refractivity contribution is 0.858. The van der Waals surface area contributed by atoms with Gasteiger partial charge in [-0.3, -0.25) is 0 Å². The number of pyridine rings is 1. The van der Waals surface area contributed by atoms with Gasteiger partial charge in [-0.15, -0.1) is 5.10 Å². The summed E-state index contributed by atoms with van der Waals surface area (Å²) >= 11 is 0.